The van der Waals surface area contributed by atoms with Gasteiger partial charge in [0.15, 0.2) is 11.5 Å². The van der Waals surface area contributed by atoms with E-state index in [1.54, 1.807) is 11.8 Å². The van der Waals surface area contributed by atoms with Crippen LogP contribution in [0.15, 0.2) is 18.2 Å². The van der Waals surface area contributed by atoms with Crippen molar-refractivity contribution in [3.05, 3.63) is 23.8 Å². The Morgan fingerprint density at radius 2 is 2.07 bits per heavy atom. The molecule has 3 aliphatic heterocycles. The van der Waals surface area contributed by atoms with Crippen LogP contribution in [0.5, 0.6) is 11.5 Å². The molecule has 2 saturated heterocycles. The molecule has 28 heavy (non-hydrogen) atoms. The summed E-state index contributed by atoms with van der Waals surface area (Å²) in [5.74, 6) is 2.44. The molecule has 1 aromatic rings. The van der Waals surface area contributed by atoms with Gasteiger partial charge in [0.05, 0.1) is 4.87 Å². The van der Waals surface area contributed by atoms with Crippen molar-refractivity contribution in [1.82, 2.24) is 9.80 Å². The van der Waals surface area contributed by atoms with Crippen molar-refractivity contribution in [2.45, 2.75) is 68.9 Å². The Bertz CT molecular complexity index is 810. The zero-order valence-corrected chi connectivity index (χ0v) is 17.0. The highest BCUT2D eigenvalue weighted by molar-refractivity contribution is 8.01. The van der Waals surface area contributed by atoms with Gasteiger partial charge in [-0.15, -0.1) is 11.8 Å². The maximum absolute atomic E-state index is 13.7. The highest BCUT2D eigenvalue weighted by atomic mass is 32.2. The third-order valence-electron chi connectivity index (χ3n) is 6.57. The van der Waals surface area contributed by atoms with Gasteiger partial charge in [0.25, 0.3) is 0 Å². The molecule has 0 radical (unpaired) electrons. The Balaban J connectivity index is 1.41. The van der Waals surface area contributed by atoms with Crippen molar-refractivity contribution >= 4 is 23.6 Å². The van der Waals surface area contributed by atoms with Crippen LogP contribution in [0.25, 0.3) is 0 Å². The van der Waals surface area contributed by atoms with E-state index in [9.17, 15) is 9.59 Å². The molecule has 1 aliphatic carbocycles. The summed E-state index contributed by atoms with van der Waals surface area (Å²) in [7, 11) is 0. The van der Waals surface area contributed by atoms with Gasteiger partial charge in [0.1, 0.15) is 6.04 Å². The molecule has 4 aliphatic rings. The summed E-state index contributed by atoms with van der Waals surface area (Å²) in [5, 5.41) is 0. The summed E-state index contributed by atoms with van der Waals surface area (Å²) in [6.45, 7) is 2.91. The second-order valence-corrected chi connectivity index (χ2v) is 9.86. The molecule has 0 N–H and O–H groups in total. The molecular formula is C21H26N2O4S. The topological polar surface area (TPSA) is 59.1 Å². The smallest absolute Gasteiger partial charge is 0.246 e. The van der Waals surface area contributed by atoms with Crippen molar-refractivity contribution in [3.63, 3.8) is 0 Å². The number of nitrogens with zero attached hydrogens (tertiary/aromatic N) is 2. The molecule has 2 amide bonds. The van der Waals surface area contributed by atoms with E-state index in [0.29, 0.717) is 18.7 Å². The lowest BCUT2D eigenvalue weighted by Crippen LogP contribution is -2.53. The van der Waals surface area contributed by atoms with Gasteiger partial charge < -0.3 is 19.3 Å². The predicted octanol–water partition coefficient (Wildman–Crippen LogP) is 3.14. The Kier molecular flexibility index (Phi) is 4.45. The number of hydrogen-bond donors (Lipinski definition) is 0. The second-order valence-electron chi connectivity index (χ2n) is 8.36. The van der Waals surface area contributed by atoms with Crippen LogP contribution in [0, 0.1) is 0 Å². The number of carbonyl (C=O) groups excluding carboxylic acids is 2. The summed E-state index contributed by atoms with van der Waals surface area (Å²) in [4.78, 5) is 29.9. The minimum absolute atomic E-state index is 0.107. The molecule has 1 aromatic carbocycles. The average molecular weight is 403 g/mol. The van der Waals surface area contributed by atoms with Crippen LogP contribution in [0.1, 0.15) is 51.0 Å². The largest absolute Gasteiger partial charge is 0.454 e. The standard InChI is InChI=1S/C21H26N2O4S/c1-21-9-8-19(24)23(21)16(12-28-21)20(25)22(15-4-2-3-5-15)11-14-6-7-17-18(10-14)27-13-26-17/h6-7,10,15-16H,2-5,8-9,11-13H2,1H3/t16-,21+/m1/s1. The molecule has 7 heteroatoms. The molecule has 150 valence electrons. The van der Waals surface area contributed by atoms with E-state index in [4.69, 9.17) is 9.47 Å². The average Bonchev–Trinajstić information content (AvgIpc) is 3.45. The van der Waals surface area contributed by atoms with Crippen LogP contribution in [0.3, 0.4) is 0 Å². The molecule has 5 rings (SSSR count). The Morgan fingerprint density at radius 1 is 1.29 bits per heavy atom. The quantitative estimate of drug-likeness (QED) is 0.774. The van der Waals surface area contributed by atoms with Gasteiger partial charge in [0, 0.05) is 24.8 Å². The van der Waals surface area contributed by atoms with Crippen molar-refractivity contribution < 1.29 is 19.1 Å². The van der Waals surface area contributed by atoms with Crippen LogP contribution in [-0.4, -0.2) is 51.1 Å². The van der Waals surface area contributed by atoms with Crippen molar-refractivity contribution in [3.8, 4) is 11.5 Å². The van der Waals surface area contributed by atoms with E-state index in [1.165, 1.54) is 0 Å². The summed E-state index contributed by atoms with van der Waals surface area (Å²) in [6, 6.07) is 5.83. The molecule has 0 unspecified atom stereocenters. The van der Waals surface area contributed by atoms with Crippen LogP contribution < -0.4 is 9.47 Å². The number of fused-ring (bicyclic) bond motifs is 2. The molecule has 0 spiro atoms. The molecule has 0 aromatic heterocycles. The molecule has 3 heterocycles. The van der Waals surface area contributed by atoms with E-state index in [2.05, 4.69) is 6.92 Å². The molecule has 1 saturated carbocycles. The zero-order valence-electron chi connectivity index (χ0n) is 16.2. The van der Waals surface area contributed by atoms with Crippen LogP contribution in [-0.2, 0) is 16.1 Å². The Labute approximate surface area is 169 Å². The van der Waals surface area contributed by atoms with Gasteiger partial charge in [-0.05, 0) is 43.9 Å². The minimum atomic E-state index is -0.334. The summed E-state index contributed by atoms with van der Waals surface area (Å²) in [5.41, 5.74) is 1.05. The normalized spacial score (nSPS) is 28.8. The summed E-state index contributed by atoms with van der Waals surface area (Å²) >= 11 is 1.76. The van der Waals surface area contributed by atoms with Gasteiger partial charge in [-0.1, -0.05) is 18.9 Å². The highest BCUT2D eigenvalue weighted by Gasteiger charge is 2.54. The first-order valence-electron chi connectivity index (χ1n) is 10.2. The molecule has 2 atom stereocenters. The first kappa shape index (κ1) is 18.2. The van der Waals surface area contributed by atoms with Gasteiger partial charge in [-0.25, -0.2) is 0 Å². The van der Waals surface area contributed by atoms with Gasteiger partial charge >= 0.3 is 0 Å². The van der Waals surface area contributed by atoms with Crippen LogP contribution >= 0.6 is 11.8 Å². The first-order chi connectivity index (χ1) is 13.5. The number of carbonyl (C=O) groups is 2. The number of benzene rings is 1. The molecule has 6 nitrogen and oxygen atoms in total. The number of ether oxygens (including phenoxy) is 2. The van der Waals surface area contributed by atoms with Crippen LogP contribution in [0.2, 0.25) is 0 Å². The van der Waals surface area contributed by atoms with Gasteiger partial charge in [-0.3, -0.25) is 9.59 Å². The van der Waals surface area contributed by atoms with E-state index < -0.39 is 0 Å². The monoisotopic (exact) mass is 402 g/mol. The van der Waals surface area contributed by atoms with E-state index in [1.807, 2.05) is 28.0 Å². The molecule has 3 fully saturated rings. The van der Waals surface area contributed by atoms with Crippen molar-refractivity contribution in [1.29, 1.82) is 0 Å². The SMILES string of the molecule is C[C@]12CCC(=O)N1[C@@H](C(=O)N(Cc1ccc3c(c1)OCO3)C1CCCC1)CS2. The molecule has 0 bridgehead atoms. The van der Waals surface area contributed by atoms with Crippen molar-refractivity contribution in [2.75, 3.05) is 12.5 Å². The fraction of sp³-hybridized carbons (Fsp3) is 0.619. The maximum atomic E-state index is 13.7. The number of amides is 2. The van der Waals surface area contributed by atoms with E-state index in [-0.39, 0.29) is 35.6 Å². The lowest BCUT2D eigenvalue weighted by Gasteiger charge is -2.36. The minimum Gasteiger partial charge on any atom is -0.454 e. The van der Waals surface area contributed by atoms with E-state index >= 15 is 0 Å². The van der Waals surface area contributed by atoms with Crippen molar-refractivity contribution in [2.24, 2.45) is 0 Å². The summed E-state index contributed by atoms with van der Waals surface area (Å²) in [6.07, 6.45) is 5.80. The van der Waals surface area contributed by atoms with Gasteiger partial charge in [0.2, 0.25) is 18.6 Å². The highest BCUT2D eigenvalue weighted by Crippen LogP contribution is 2.48. The third kappa shape index (κ3) is 2.95. The maximum Gasteiger partial charge on any atom is 0.246 e. The molecular weight excluding hydrogens is 376 g/mol. The number of rotatable bonds is 4. The zero-order chi connectivity index (χ0) is 19.3. The van der Waals surface area contributed by atoms with Crippen LogP contribution in [0.4, 0.5) is 0 Å². The van der Waals surface area contributed by atoms with E-state index in [0.717, 1.165) is 49.2 Å². The summed E-state index contributed by atoms with van der Waals surface area (Å²) < 4.78 is 10.9. The fourth-order valence-corrected chi connectivity index (χ4v) is 6.46. The Hall–Kier alpha value is -1.89. The second kappa shape index (κ2) is 6.87. The number of thioether (sulfide) groups is 1. The number of hydrogen-bond acceptors (Lipinski definition) is 5. The first-order valence-corrected chi connectivity index (χ1v) is 11.2. The predicted molar refractivity (Wildman–Crippen MR) is 106 cm³/mol. The fourth-order valence-electron chi connectivity index (χ4n) is 5.03. The lowest BCUT2D eigenvalue weighted by molar-refractivity contribution is -0.145. The Morgan fingerprint density at radius 3 is 2.89 bits per heavy atom. The third-order valence-corrected chi connectivity index (χ3v) is 8.07. The van der Waals surface area contributed by atoms with Gasteiger partial charge in [-0.2, -0.15) is 0 Å². The lowest BCUT2D eigenvalue weighted by atomic mass is 10.1.